The third-order valence-electron chi connectivity index (χ3n) is 2.33. The van der Waals surface area contributed by atoms with Crippen molar-refractivity contribution in [3.8, 4) is 0 Å². The maximum atomic E-state index is 10.7. The van der Waals surface area contributed by atoms with Crippen LogP contribution in [0.2, 0.25) is 0 Å². The van der Waals surface area contributed by atoms with Gasteiger partial charge in [-0.25, -0.2) is 4.79 Å². The Morgan fingerprint density at radius 1 is 1.36 bits per heavy atom. The van der Waals surface area contributed by atoms with Crippen molar-refractivity contribution in [2.24, 2.45) is 0 Å². The molecule has 0 aliphatic carbocycles. The number of carbonyl (C=O) groups is 1. The maximum absolute atomic E-state index is 10.7. The molecule has 0 bridgehead atoms. The van der Waals surface area contributed by atoms with Gasteiger partial charge >= 0.3 is 5.97 Å². The highest BCUT2D eigenvalue weighted by molar-refractivity contribution is 5.88. The van der Waals surface area contributed by atoms with Gasteiger partial charge in [0.2, 0.25) is 0 Å². The van der Waals surface area contributed by atoms with Gasteiger partial charge < -0.3 is 5.11 Å². The summed E-state index contributed by atoms with van der Waals surface area (Å²) in [5.41, 5.74) is 2.77. The van der Waals surface area contributed by atoms with Crippen LogP contribution in [0.5, 0.6) is 0 Å². The van der Waals surface area contributed by atoms with Gasteiger partial charge in [0.15, 0.2) is 0 Å². The Morgan fingerprint density at radius 2 is 2.00 bits per heavy atom. The van der Waals surface area contributed by atoms with Crippen molar-refractivity contribution in [1.29, 1.82) is 0 Å². The molecule has 1 heterocycles. The molecule has 2 rings (SSSR count). The van der Waals surface area contributed by atoms with E-state index in [0.29, 0.717) is 5.56 Å². The lowest BCUT2D eigenvalue weighted by Crippen LogP contribution is -2.07. The number of benzene rings is 1. The summed E-state index contributed by atoms with van der Waals surface area (Å²) in [6, 6.07) is 5.34. The predicted molar refractivity (Wildman–Crippen MR) is 55.8 cm³/mol. The fourth-order valence-corrected chi connectivity index (χ4v) is 1.70. The van der Waals surface area contributed by atoms with E-state index in [2.05, 4.69) is 4.90 Å². The lowest BCUT2D eigenvalue weighted by atomic mass is 10.1. The van der Waals surface area contributed by atoms with Crippen molar-refractivity contribution in [3.05, 3.63) is 34.9 Å². The molecule has 14 heavy (non-hydrogen) atoms. The molecule has 0 atom stereocenters. The molecule has 0 amide bonds. The summed E-state index contributed by atoms with van der Waals surface area (Å²) in [5.74, 6) is -0.850. The molecule has 0 aromatic heterocycles. The van der Waals surface area contributed by atoms with E-state index in [-0.39, 0.29) is 12.4 Å². The number of rotatable bonds is 1. The first-order valence-electron chi connectivity index (χ1n) is 4.20. The first-order chi connectivity index (χ1) is 6.16. The zero-order chi connectivity index (χ0) is 9.42. The Bertz CT molecular complexity index is 365. The van der Waals surface area contributed by atoms with Crippen molar-refractivity contribution in [3.63, 3.8) is 0 Å². The van der Waals surface area contributed by atoms with Crippen LogP contribution >= 0.6 is 12.4 Å². The third-order valence-corrected chi connectivity index (χ3v) is 2.33. The molecule has 0 spiro atoms. The molecule has 0 unspecified atom stereocenters. The van der Waals surface area contributed by atoms with Crippen LogP contribution in [0.25, 0.3) is 0 Å². The molecule has 0 fully saturated rings. The highest BCUT2D eigenvalue weighted by atomic mass is 35.5. The van der Waals surface area contributed by atoms with Gasteiger partial charge in [0.1, 0.15) is 0 Å². The largest absolute Gasteiger partial charge is 0.478 e. The minimum atomic E-state index is -0.850. The number of fused-ring (bicyclic) bond motifs is 1. The maximum Gasteiger partial charge on any atom is 0.335 e. The summed E-state index contributed by atoms with van der Waals surface area (Å²) in [6.07, 6.45) is 0. The lowest BCUT2D eigenvalue weighted by molar-refractivity contribution is 0.0697. The number of carboxylic acids is 1. The van der Waals surface area contributed by atoms with Crippen molar-refractivity contribution in [2.75, 3.05) is 7.05 Å². The zero-order valence-electron chi connectivity index (χ0n) is 7.86. The molecule has 1 aromatic rings. The van der Waals surface area contributed by atoms with Crippen molar-refractivity contribution in [1.82, 2.24) is 4.90 Å². The zero-order valence-corrected chi connectivity index (χ0v) is 8.67. The first kappa shape index (κ1) is 11.0. The average molecular weight is 214 g/mol. The summed E-state index contributed by atoms with van der Waals surface area (Å²) < 4.78 is 0. The molecule has 1 aromatic carbocycles. The van der Waals surface area contributed by atoms with E-state index in [1.807, 2.05) is 13.1 Å². The van der Waals surface area contributed by atoms with Crippen LogP contribution in [0, 0.1) is 0 Å². The van der Waals surface area contributed by atoms with Crippen LogP contribution in [0.1, 0.15) is 21.5 Å². The van der Waals surface area contributed by atoms with E-state index in [4.69, 9.17) is 5.11 Å². The van der Waals surface area contributed by atoms with Crippen LogP contribution in [0.3, 0.4) is 0 Å². The highest BCUT2D eigenvalue weighted by Gasteiger charge is 2.16. The van der Waals surface area contributed by atoms with Crippen LogP contribution in [-0.2, 0) is 13.1 Å². The summed E-state index contributed by atoms with van der Waals surface area (Å²) >= 11 is 0. The Morgan fingerprint density at radius 3 is 2.64 bits per heavy atom. The van der Waals surface area contributed by atoms with E-state index < -0.39 is 5.97 Å². The van der Waals surface area contributed by atoms with Gasteiger partial charge in [-0.1, -0.05) is 6.07 Å². The number of hydrogen-bond donors (Lipinski definition) is 1. The van der Waals surface area contributed by atoms with Gasteiger partial charge in [-0.05, 0) is 30.3 Å². The van der Waals surface area contributed by atoms with Gasteiger partial charge in [-0.15, -0.1) is 12.4 Å². The number of halogens is 1. The van der Waals surface area contributed by atoms with E-state index in [1.165, 1.54) is 5.56 Å². The molecule has 0 radical (unpaired) electrons. The Balaban J connectivity index is 0.000000980. The Labute approximate surface area is 88.8 Å². The molecule has 0 saturated heterocycles. The number of nitrogens with zero attached hydrogens (tertiary/aromatic N) is 1. The topological polar surface area (TPSA) is 40.5 Å². The normalized spacial score (nSPS) is 14.6. The molecule has 3 nitrogen and oxygen atoms in total. The van der Waals surface area contributed by atoms with Gasteiger partial charge in [0.25, 0.3) is 0 Å². The molecule has 76 valence electrons. The second kappa shape index (κ2) is 3.98. The van der Waals surface area contributed by atoms with E-state index in [9.17, 15) is 4.79 Å². The smallest absolute Gasteiger partial charge is 0.335 e. The molecule has 0 saturated carbocycles. The summed E-state index contributed by atoms with van der Waals surface area (Å²) in [5, 5.41) is 8.77. The molecule has 1 aliphatic rings. The molecule has 1 N–H and O–H groups in total. The fraction of sp³-hybridized carbons (Fsp3) is 0.300. The van der Waals surface area contributed by atoms with E-state index in [0.717, 1.165) is 18.7 Å². The van der Waals surface area contributed by atoms with Crippen LogP contribution < -0.4 is 0 Å². The minimum absolute atomic E-state index is 0. The third kappa shape index (κ3) is 1.89. The molecular weight excluding hydrogens is 202 g/mol. The van der Waals surface area contributed by atoms with Crippen molar-refractivity contribution >= 4 is 18.4 Å². The van der Waals surface area contributed by atoms with Crippen LogP contribution in [0.4, 0.5) is 0 Å². The first-order valence-corrected chi connectivity index (χ1v) is 4.20. The number of hydrogen-bond acceptors (Lipinski definition) is 2. The monoisotopic (exact) mass is 213 g/mol. The predicted octanol–water partition coefficient (Wildman–Crippen LogP) is 1.75. The van der Waals surface area contributed by atoms with Crippen LogP contribution in [-0.4, -0.2) is 23.0 Å². The van der Waals surface area contributed by atoms with Gasteiger partial charge in [-0.3, -0.25) is 4.90 Å². The van der Waals surface area contributed by atoms with Gasteiger partial charge in [0.05, 0.1) is 5.56 Å². The molecular formula is C10H12ClNO2. The average Bonchev–Trinajstić information content (AvgIpc) is 2.42. The van der Waals surface area contributed by atoms with E-state index >= 15 is 0 Å². The van der Waals surface area contributed by atoms with E-state index in [1.54, 1.807) is 12.1 Å². The summed E-state index contributed by atoms with van der Waals surface area (Å²) in [4.78, 5) is 12.8. The Hall–Kier alpha value is -1.06. The summed E-state index contributed by atoms with van der Waals surface area (Å²) in [6.45, 7) is 1.78. The fourth-order valence-electron chi connectivity index (χ4n) is 1.70. The minimum Gasteiger partial charge on any atom is -0.478 e. The standard InChI is InChI=1S/C10H11NO2.ClH/c1-11-5-8-3-2-7(10(12)13)4-9(8)6-11;/h2-4H,5-6H2,1H3,(H,12,13);1H. The van der Waals surface area contributed by atoms with Crippen molar-refractivity contribution in [2.45, 2.75) is 13.1 Å². The Kier molecular flexibility index (Phi) is 3.13. The molecule has 4 heteroatoms. The quantitative estimate of drug-likeness (QED) is 0.773. The summed E-state index contributed by atoms with van der Waals surface area (Å²) in [7, 11) is 2.03. The SMILES string of the molecule is CN1Cc2ccc(C(=O)O)cc2C1.Cl. The highest BCUT2D eigenvalue weighted by Crippen LogP contribution is 2.22. The lowest BCUT2D eigenvalue weighted by Gasteiger charge is -2.02. The van der Waals surface area contributed by atoms with Crippen molar-refractivity contribution < 1.29 is 9.90 Å². The second-order valence-corrected chi connectivity index (χ2v) is 3.46. The van der Waals surface area contributed by atoms with Crippen LogP contribution in [0.15, 0.2) is 18.2 Å². The van der Waals surface area contributed by atoms with Gasteiger partial charge in [-0.2, -0.15) is 0 Å². The van der Waals surface area contributed by atoms with Gasteiger partial charge in [0, 0.05) is 13.1 Å². The number of aromatic carboxylic acids is 1. The number of carboxylic acid groups (broad SMARTS) is 1. The molecule has 1 aliphatic heterocycles. The second-order valence-electron chi connectivity index (χ2n) is 3.46.